The third-order valence-electron chi connectivity index (χ3n) is 3.37. The van der Waals surface area contributed by atoms with Crippen LogP contribution in [0.3, 0.4) is 0 Å². The van der Waals surface area contributed by atoms with Gasteiger partial charge in [-0.2, -0.15) is 12.6 Å². The number of ether oxygens (including phenoxy) is 2. The lowest BCUT2D eigenvalue weighted by molar-refractivity contribution is -0.0596. The minimum absolute atomic E-state index is 0.127. The van der Waals surface area contributed by atoms with Crippen LogP contribution in [0.25, 0.3) is 11.2 Å². The number of fused-ring (bicyclic) bond motifs is 1. The van der Waals surface area contributed by atoms with Crippen molar-refractivity contribution in [1.82, 2.24) is 19.5 Å². The highest BCUT2D eigenvalue weighted by atomic mass is 32.1. The SMILES string of the molecule is Nc1ncnc2c1ncn2C1OC(COCS)[C@@H](O)[C@H]1O. The number of hydrogen-bond acceptors (Lipinski definition) is 9. The summed E-state index contributed by atoms with van der Waals surface area (Å²) in [4.78, 5) is 12.0. The lowest BCUT2D eigenvalue weighted by Gasteiger charge is -2.16. The van der Waals surface area contributed by atoms with Crippen molar-refractivity contribution in [2.24, 2.45) is 0 Å². The fraction of sp³-hybridized carbons (Fsp3) is 0.545. The molecule has 0 radical (unpaired) electrons. The molecule has 4 N–H and O–H groups in total. The number of aliphatic hydroxyl groups excluding tert-OH is 2. The van der Waals surface area contributed by atoms with Gasteiger partial charge in [-0.15, -0.1) is 0 Å². The van der Waals surface area contributed by atoms with Crippen LogP contribution in [-0.2, 0) is 9.47 Å². The van der Waals surface area contributed by atoms with Gasteiger partial charge in [-0.3, -0.25) is 4.57 Å². The zero-order valence-corrected chi connectivity index (χ0v) is 11.8. The Morgan fingerprint density at radius 1 is 1.33 bits per heavy atom. The van der Waals surface area contributed by atoms with Crippen LogP contribution in [0.1, 0.15) is 6.23 Å². The first-order valence-electron chi connectivity index (χ1n) is 6.26. The van der Waals surface area contributed by atoms with Crippen LogP contribution in [0.2, 0.25) is 0 Å². The van der Waals surface area contributed by atoms with Gasteiger partial charge < -0.3 is 25.4 Å². The molecule has 114 valence electrons. The highest BCUT2D eigenvalue weighted by Crippen LogP contribution is 2.32. The molecule has 0 amide bonds. The summed E-state index contributed by atoms with van der Waals surface area (Å²) in [5.41, 5.74) is 6.56. The molecule has 0 saturated carbocycles. The normalized spacial score (nSPS) is 29.3. The van der Waals surface area contributed by atoms with E-state index in [1.807, 2.05) is 0 Å². The average Bonchev–Trinajstić information content (AvgIpc) is 3.02. The predicted octanol–water partition coefficient (Wildman–Crippen LogP) is -1.07. The molecule has 1 fully saturated rings. The van der Waals surface area contributed by atoms with E-state index < -0.39 is 24.5 Å². The van der Waals surface area contributed by atoms with Crippen LogP contribution in [-0.4, -0.2) is 60.6 Å². The van der Waals surface area contributed by atoms with E-state index in [0.717, 1.165) is 0 Å². The second-order valence-electron chi connectivity index (χ2n) is 4.63. The van der Waals surface area contributed by atoms with Gasteiger partial charge in [0.05, 0.1) is 18.9 Å². The molecule has 3 heterocycles. The Morgan fingerprint density at radius 3 is 2.90 bits per heavy atom. The number of nitrogens with two attached hydrogens (primary N) is 1. The van der Waals surface area contributed by atoms with Crippen molar-refractivity contribution < 1.29 is 19.7 Å². The van der Waals surface area contributed by atoms with Crippen molar-refractivity contribution in [3.8, 4) is 0 Å². The fourth-order valence-electron chi connectivity index (χ4n) is 2.32. The molecule has 2 aromatic rings. The molecule has 3 rings (SSSR count). The molecule has 2 aromatic heterocycles. The molecule has 0 spiro atoms. The van der Waals surface area contributed by atoms with Gasteiger partial charge in [0.2, 0.25) is 0 Å². The number of rotatable bonds is 4. The Hall–Kier alpha value is -1.46. The summed E-state index contributed by atoms with van der Waals surface area (Å²) >= 11 is 3.92. The minimum Gasteiger partial charge on any atom is -0.387 e. The number of thiol groups is 1. The molecule has 10 heteroatoms. The molecular weight excluding hydrogens is 298 g/mol. The maximum absolute atomic E-state index is 10.2. The van der Waals surface area contributed by atoms with Crippen molar-refractivity contribution in [3.05, 3.63) is 12.7 Å². The molecule has 9 nitrogen and oxygen atoms in total. The standard InChI is InChI=1S/C11H15N5O4S/c12-9-6-10(14-2-13-9)16(3-15-6)11-8(18)7(17)5(20-11)1-19-4-21/h2-3,5,7-8,11,17-18,21H,1,4H2,(H2,12,13,14)/t5?,7-,8-,11?/m1/s1. The summed E-state index contributed by atoms with van der Waals surface area (Å²) in [5, 5.41) is 20.2. The number of hydrogen-bond donors (Lipinski definition) is 4. The summed E-state index contributed by atoms with van der Waals surface area (Å²) < 4.78 is 12.3. The van der Waals surface area contributed by atoms with E-state index in [0.29, 0.717) is 11.2 Å². The molecule has 2 unspecified atom stereocenters. The van der Waals surface area contributed by atoms with Crippen molar-refractivity contribution >= 4 is 29.6 Å². The second kappa shape index (κ2) is 5.73. The van der Waals surface area contributed by atoms with Gasteiger partial charge in [0.1, 0.15) is 30.2 Å². The number of aliphatic hydroxyl groups is 2. The van der Waals surface area contributed by atoms with Crippen molar-refractivity contribution in [3.63, 3.8) is 0 Å². The molecular formula is C11H15N5O4S. The molecule has 4 atom stereocenters. The molecule has 1 saturated heterocycles. The van der Waals surface area contributed by atoms with Crippen LogP contribution in [0.5, 0.6) is 0 Å². The molecule has 21 heavy (non-hydrogen) atoms. The number of imidazole rings is 1. The van der Waals surface area contributed by atoms with Gasteiger partial charge in [0, 0.05) is 0 Å². The first-order valence-corrected chi connectivity index (χ1v) is 6.90. The first kappa shape index (κ1) is 14.5. The largest absolute Gasteiger partial charge is 0.387 e. The van der Waals surface area contributed by atoms with Gasteiger partial charge in [-0.25, -0.2) is 15.0 Å². The first-order chi connectivity index (χ1) is 10.1. The monoisotopic (exact) mass is 313 g/mol. The van der Waals surface area contributed by atoms with E-state index in [-0.39, 0.29) is 18.4 Å². The van der Waals surface area contributed by atoms with E-state index in [2.05, 4.69) is 27.6 Å². The Bertz CT molecular complexity index is 638. The van der Waals surface area contributed by atoms with Gasteiger partial charge in [-0.1, -0.05) is 0 Å². The van der Waals surface area contributed by atoms with Crippen molar-refractivity contribution in [2.45, 2.75) is 24.5 Å². The molecule has 1 aliphatic rings. The number of aromatic nitrogens is 4. The van der Waals surface area contributed by atoms with E-state index in [1.165, 1.54) is 17.2 Å². The summed E-state index contributed by atoms with van der Waals surface area (Å²) in [6.07, 6.45) is -0.951. The number of anilines is 1. The Kier molecular flexibility index (Phi) is 3.95. The van der Waals surface area contributed by atoms with Crippen molar-refractivity contribution in [2.75, 3.05) is 18.3 Å². The topological polar surface area (TPSA) is 129 Å². The van der Waals surface area contributed by atoms with Crippen LogP contribution in [0.4, 0.5) is 5.82 Å². The van der Waals surface area contributed by atoms with E-state index in [4.69, 9.17) is 15.2 Å². The van der Waals surface area contributed by atoms with Gasteiger partial charge in [-0.05, 0) is 0 Å². The molecule has 0 aromatic carbocycles. The van der Waals surface area contributed by atoms with E-state index >= 15 is 0 Å². The van der Waals surface area contributed by atoms with Gasteiger partial charge in [0.25, 0.3) is 0 Å². The molecule has 1 aliphatic heterocycles. The Labute approximate surface area is 125 Å². The number of nitrogen functional groups attached to an aromatic ring is 1. The lowest BCUT2D eigenvalue weighted by Crippen LogP contribution is -2.33. The molecule has 0 bridgehead atoms. The Balaban J connectivity index is 1.90. The van der Waals surface area contributed by atoms with Gasteiger partial charge >= 0.3 is 0 Å². The van der Waals surface area contributed by atoms with Crippen LogP contribution < -0.4 is 5.73 Å². The predicted molar refractivity (Wildman–Crippen MR) is 75.5 cm³/mol. The summed E-state index contributed by atoms with van der Waals surface area (Å²) in [7, 11) is 0. The lowest BCUT2D eigenvalue weighted by atomic mass is 10.1. The second-order valence-corrected chi connectivity index (χ2v) is 4.89. The summed E-state index contributed by atoms with van der Waals surface area (Å²) in [6.45, 7) is 0.127. The fourth-order valence-corrected chi connectivity index (χ4v) is 2.43. The van der Waals surface area contributed by atoms with Crippen LogP contribution >= 0.6 is 12.6 Å². The van der Waals surface area contributed by atoms with E-state index in [1.54, 1.807) is 0 Å². The smallest absolute Gasteiger partial charge is 0.167 e. The van der Waals surface area contributed by atoms with Crippen LogP contribution in [0.15, 0.2) is 12.7 Å². The summed E-state index contributed by atoms with van der Waals surface area (Å²) in [6, 6.07) is 0. The third-order valence-corrected chi connectivity index (χ3v) is 3.55. The Morgan fingerprint density at radius 2 is 2.14 bits per heavy atom. The minimum atomic E-state index is -1.13. The maximum Gasteiger partial charge on any atom is 0.167 e. The van der Waals surface area contributed by atoms with Gasteiger partial charge in [0.15, 0.2) is 17.7 Å². The van der Waals surface area contributed by atoms with Crippen LogP contribution in [0, 0.1) is 0 Å². The summed E-state index contributed by atoms with van der Waals surface area (Å²) in [5.74, 6) is 0.437. The third kappa shape index (κ3) is 2.45. The number of nitrogens with zero attached hydrogens (tertiary/aromatic N) is 4. The average molecular weight is 313 g/mol. The quantitative estimate of drug-likeness (QED) is 0.415. The van der Waals surface area contributed by atoms with E-state index in [9.17, 15) is 10.2 Å². The highest BCUT2D eigenvalue weighted by Gasteiger charge is 2.44. The van der Waals surface area contributed by atoms with Crippen molar-refractivity contribution in [1.29, 1.82) is 0 Å². The maximum atomic E-state index is 10.2. The zero-order chi connectivity index (χ0) is 15.0. The highest BCUT2D eigenvalue weighted by molar-refractivity contribution is 7.80. The molecule has 0 aliphatic carbocycles. The zero-order valence-electron chi connectivity index (χ0n) is 10.9.